The van der Waals surface area contributed by atoms with Crippen LogP contribution < -0.4 is 10.5 Å². The Bertz CT molecular complexity index is 551. The molecule has 0 atom stereocenters. The zero-order valence-electron chi connectivity index (χ0n) is 9.44. The summed E-state index contributed by atoms with van der Waals surface area (Å²) in [7, 11) is 0. The van der Waals surface area contributed by atoms with Gasteiger partial charge in [0.1, 0.15) is 0 Å². The van der Waals surface area contributed by atoms with Gasteiger partial charge in [-0.05, 0) is 11.6 Å². The lowest BCUT2D eigenvalue weighted by atomic mass is 10.2. The lowest BCUT2D eigenvalue weighted by Crippen LogP contribution is -2.06. The summed E-state index contributed by atoms with van der Waals surface area (Å²) in [6, 6.07) is 7.53. The van der Waals surface area contributed by atoms with Crippen LogP contribution in [0.15, 0.2) is 30.5 Å². The number of anilines is 1. The summed E-state index contributed by atoms with van der Waals surface area (Å²) < 4.78 is 18.1. The first-order valence-electron chi connectivity index (χ1n) is 5.31. The molecule has 2 rings (SSSR count). The van der Waals surface area contributed by atoms with Gasteiger partial charge in [0.05, 0.1) is 12.8 Å². The summed E-state index contributed by atoms with van der Waals surface area (Å²) in [5, 5.41) is 0.681. The molecule has 94 valence electrons. The molecule has 0 fully saturated rings. The van der Waals surface area contributed by atoms with Crippen LogP contribution in [0.25, 0.3) is 0 Å². The van der Waals surface area contributed by atoms with Crippen LogP contribution in [-0.4, -0.2) is 16.6 Å². The number of aromatic nitrogens is 2. The molecule has 0 radical (unpaired) electrons. The van der Waals surface area contributed by atoms with E-state index in [9.17, 15) is 4.39 Å². The van der Waals surface area contributed by atoms with Gasteiger partial charge in [-0.25, -0.2) is 9.37 Å². The third-order valence-corrected chi connectivity index (χ3v) is 2.68. The van der Waals surface area contributed by atoms with Crippen molar-refractivity contribution in [2.45, 2.75) is 6.42 Å². The molecule has 1 heterocycles. The summed E-state index contributed by atoms with van der Waals surface area (Å²) >= 11 is 6.00. The number of nitrogen functional groups attached to an aromatic ring is 1. The molecule has 1 aromatic carbocycles. The molecule has 0 aliphatic rings. The smallest absolute Gasteiger partial charge is 0.318 e. The van der Waals surface area contributed by atoms with Crippen LogP contribution in [0, 0.1) is 5.82 Å². The van der Waals surface area contributed by atoms with Crippen molar-refractivity contribution in [3.05, 3.63) is 46.9 Å². The van der Waals surface area contributed by atoms with Crippen LogP contribution in [0.5, 0.6) is 6.01 Å². The number of benzene rings is 1. The predicted octanol–water partition coefficient (Wildman–Crippen LogP) is 2.47. The number of ether oxygens (including phenoxy) is 1. The Morgan fingerprint density at radius 3 is 2.83 bits per heavy atom. The molecule has 4 nitrogen and oxygen atoms in total. The van der Waals surface area contributed by atoms with Gasteiger partial charge in [0.25, 0.3) is 0 Å². The van der Waals surface area contributed by atoms with Crippen molar-refractivity contribution in [3.63, 3.8) is 0 Å². The van der Waals surface area contributed by atoms with E-state index in [1.54, 1.807) is 0 Å². The van der Waals surface area contributed by atoms with E-state index >= 15 is 0 Å². The van der Waals surface area contributed by atoms with Crippen LogP contribution in [0.2, 0.25) is 5.02 Å². The van der Waals surface area contributed by atoms with Crippen LogP contribution in [0.1, 0.15) is 5.56 Å². The van der Waals surface area contributed by atoms with Crippen molar-refractivity contribution in [1.29, 1.82) is 0 Å². The number of halogens is 2. The van der Waals surface area contributed by atoms with Crippen LogP contribution in [-0.2, 0) is 6.42 Å². The Labute approximate surface area is 109 Å². The summed E-state index contributed by atoms with van der Waals surface area (Å²) in [5.74, 6) is -0.883. The number of rotatable bonds is 4. The lowest BCUT2D eigenvalue weighted by molar-refractivity contribution is 0.295. The van der Waals surface area contributed by atoms with E-state index in [1.165, 1.54) is 0 Å². The van der Waals surface area contributed by atoms with Gasteiger partial charge in [-0.1, -0.05) is 29.8 Å². The Hall–Kier alpha value is -1.88. The summed E-state index contributed by atoms with van der Waals surface area (Å²) in [6.45, 7) is 0.342. The Kier molecular flexibility index (Phi) is 3.94. The molecule has 0 saturated heterocycles. The molecule has 2 N–H and O–H groups in total. The van der Waals surface area contributed by atoms with E-state index < -0.39 is 5.82 Å². The largest absolute Gasteiger partial charge is 0.463 e. The predicted molar refractivity (Wildman–Crippen MR) is 67.1 cm³/mol. The zero-order chi connectivity index (χ0) is 13.0. The molecule has 6 heteroatoms. The summed E-state index contributed by atoms with van der Waals surface area (Å²) in [5.41, 5.74) is 6.27. The minimum absolute atomic E-state index is 0.0564. The van der Waals surface area contributed by atoms with Crippen LogP contribution in [0.3, 0.4) is 0 Å². The highest BCUT2D eigenvalue weighted by Gasteiger charge is 2.05. The maximum atomic E-state index is 12.8. The van der Waals surface area contributed by atoms with Gasteiger partial charge in [-0.15, -0.1) is 0 Å². The molecule has 0 amide bonds. The quantitative estimate of drug-likeness (QED) is 0.924. The molecule has 0 aliphatic heterocycles. The van der Waals surface area contributed by atoms with Crippen molar-refractivity contribution in [2.24, 2.45) is 0 Å². The Morgan fingerprint density at radius 1 is 1.33 bits per heavy atom. The fourth-order valence-electron chi connectivity index (χ4n) is 1.39. The molecule has 1 aromatic heterocycles. The number of nitrogens with zero attached hydrogens (tertiary/aromatic N) is 2. The van der Waals surface area contributed by atoms with Gasteiger partial charge in [-0.3, -0.25) is 0 Å². The van der Waals surface area contributed by atoms with Gasteiger partial charge >= 0.3 is 6.01 Å². The van der Waals surface area contributed by atoms with E-state index in [-0.39, 0.29) is 11.8 Å². The highest BCUT2D eigenvalue weighted by Crippen LogP contribution is 2.16. The van der Waals surface area contributed by atoms with Crippen molar-refractivity contribution >= 4 is 17.4 Å². The average molecular weight is 268 g/mol. The van der Waals surface area contributed by atoms with E-state index in [2.05, 4.69) is 9.97 Å². The third-order valence-electron chi connectivity index (χ3n) is 2.31. The first kappa shape index (κ1) is 12.6. The molecule has 0 saturated carbocycles. The summed E-state index contributed by atoms with van der Waals surface area (Å²) in [4.78, 5) is 7.33. The molecule has 0 unspecified atom stereocenters. The van der Waals surface area contributed by atoms with Crippen molar-refractivity contribution < 1.29 is 9.13 Å². The van der Waals surface area contributed by atoms with Gasteiger partial charge < -0.3 is 10.5 Å². The Balaban J connectivity index is 1.92. The molecule has 2 aromatic rings. The third kappa shape index (κ3) is 3.07. The number of hydrogen-bond donors (Lipinski definition) is 1. The fraction of sp³-hybridized carbons (Fsp3) is 0.167. The van der Waals surface area contributed by atoms with E-state index in [0.29, 0.717) is 18.1 Å². The van der Waals surface area contributed by atoms with Gasteiger partial charge in [0, 0.05) is 11.4 Å². The zero-order valence-corrected chi connectivity index (χ0v) is 10.2. The SMILES string of the molecule is Nc1nc(OCCc2ccccc2Cl)ncc1F. The van der Waals surface area contributed by atoms with Crippen molar-refractivity contribution in [2.75, 3.05) is 12.3 Å². The van der Waals surface area contributed by atoms with Crippen LogP contribution in [0.4, 0.5) is 10.2 Å². The maximum absolute atomic E-state index is 12.8. The highest BCUT2D eigenvalue weighted by atomic mass is 35.5. The monoisotopic (exact) mass is 267 g/mol. The summed E-state index contributed by atoms with van der Waals surface area (Å²) in [6.07, 6.45) is 1.59. The topological polar surface area (TPSA) is 61.0 Å². The van der Waals surface area contributed by atoms with Crippen LogP contribution >= 0.6 is 11.6 Å². The van der Waals surface area contributed by atoms with Crippen molar-refractivity contribution in [3.8, 4) is 6.01 Å². The van der Waals surface area contributed by atoms with Gasteiger partial charge in [-0.2, -0.15) is 4.98 Å². The normalized spacial score (nSPS) is 10.3. The lowest BCUT2D eigenvalue weighted by Gasteiger charge is -2.06. The number of hydrogen-bond acceptors (Lipinski definition) is 4. The fourth-order valence-corrected chi connectivity index (χ4v) is 1.62. The molecule has 0 spiro atoms. The van der Waals surface area contributed by atoms with E-state index in [4.69, 9.17) is 22.1 Å². The first-order chi connectivity index (χ1) is 8.66. The maximum Gasteiger partial charge on any atom is 0.318 e. The Morgan fingerprint density at radius 2 is 2.11 bits per heavy atom. The van der Waals surface area contributed by atoms with Crippen molar-refractivity contribution in [1.82, 2.24) is 9.97 Å². The van der Waals surface area contributed by atoms with E-state index in [0.717, 1.165) is 11.8 Å². The first-order valence-corrected chi connectivity index (χ1v) is 5.69. The minimum Gasteiger partial charge on any atom is -0.463 e. The highest BCUT2D eigenvalue weighted by molar-refractivity contribution is 6.31. The second-order valence-corrected chi connectivity index (χ2v) is 3.98. The van der Waals surface area contributed by atoms with Gasteiger partial charge in [0.15, 0.2) is 11.6 Å². The second kappa shape index (κ2) is 5.64. The van der Waals surface area contributed by atoms with E-state index in [1.807, 2.05) is 24.3 Å². The molecular weight excluding hydrogens is 257 g/mol. The molecule has 0 bridgehead atoms. The minimum atomic E-state index is -0.659. The average Bonchev–Trinajstić information content (AvgIpc) is 2.36. The second-order valence-electron chi connectivity index (χ2n) is 3.58. The molecule has 0 aliphatic carbocycles. The molecular formula is C12H11ClFN3O. The van der Waals surface area contributed by atoms with Gasteiger partial charge in [0.2, 0.25) is 0 Å². The molecule has 18 heavy (non-hydrogen) atoms. The number of nitrogens with two attached hydrogens (primary N) is 1. The standard InChI is InChI=1S/C12H11ClFN3O/c13-9-4-2-1-3-8(9)5-6-18-12-16-7-10(14)11(15)17-12/h1-4,7H,5-6H2,(H2,15,16,17).